The van der Waals surface area contributed by atoms with Crippen molar-refractivity contribution in [1.82, 2.24) is 0 Å². The number of rotatable bonds is 5. The van der Waals surface area contributed by atoms with Crippen LogP contribution in [0.1, 0.15) is 72.2 Å². The molecule has 0 N–H and O–H groups in total. The molecule has 4 aliphatic rings. The van der Waals surface area contributed by atoms with Crippen LogP contribution >= 0.6 is 0 Å². The fraction of sp³-hybridized carbons (Fsp3) is 0.104. The first-order valence-corrected chi connectivity index (χ1v) is 24.3. The molecule has 1 aliphatic heterocycles. The predicted octanol–water partition coefficient (Wildman–Crippen LogP) is 17.6. The van der Waals surface area contributed by atoms with Gasteiger partial charge < -0.3 is 9.64 Å². The standard InChI is InChI=1S/C67H49NO/c1-65(2)55-26-11-8-21-47(55)50-37-34-44(40-60(50)65)68(45-35-38-51-48-22-9-12-27-56(48)66(3,4)61(51)41-45)43-33-36-46(42-19-6-5-7-20-42)54(39-43)53-25-18-24-52-49-23-10-13-28-57(49)67(64(52)53)58-29-14-16-31-62(58)69-63-32-17-15-30-59(63)67/h5-41H,1-4H3. The van der Waals surface area contributed by atoms with E-state index < -0.39 is 5.41 Å². The van der Waals surface area contributed by atoms with Gasteiger partial charge in [0.2, 0.25) is 0 Å². The van der Waals surface area contributed by atoms with Gasteiger partial charge in [-0.25, -0.2) is 0 Å². The molecular formula is C67H49NO. The van der Waals surface area contributed by atoms with Crippen molar-refractivity contribution < 1.29 is 4.74 Å². The third kappa shape index (κ3) is 5.43. The van der Waals surface area contributed by atoms with Crippen molar-refractivity contribution in [3.63, 3.8) is 0 Å². The highest BCUT2D eigenvalue weighted by molar-refractivity contribution is 5.99. The fourth-order valence-corrected chi connectivity index (χ4v) is 13.0. The van der Waals surface area contributed by atoms with Crippen LogP contribution in [0, 0.1) is 0 Å². The zero-order valence-electron chi connectivity index (χ0n) is 39.2. The maximum absolute atomic E-state index is 6.81. The Balaban J connectivity index is 1.05. The van der Waals surface area contributed by atoms with Crippen LogP contribution in [0.15, 0.2) is 224 Å². The number of benzene rings is 10. The van der Waals surface area contributed by atoms with E-state index in [1.807, 2.05) is 0 Å². The Morgan fingerprint density at radius 3 is 1.23 bits per heavy atom. The van der Waals surface area contributed by atoms with E-state index >= 15 is 0 Å². The summed E-state index contributed by atoms with van der Waals surface area (Å²) in [6.45, 7) is 9.52. The second-order valence-electron chi connectivity index (χ2n) is 20.4. The van der Waals surface area contributed by atoms with Crippen LogP contribution in [0.2, 0.25) is 0 Å². The van der Waals surface area contributed by atoms with Crippen molar-refractivity contribution in [3.05, 3.63) is 269 Å². The van der Waals surface area contributed by atoms with Gasteiger partial charge in [0.15, 0.2) is 0 Å². The van der Waals surface area contributed by atoms with Gasteiger partial charge in [-0.1, -0.05) is 204 Å². The van der Waals surface area contributed by atoms with Gasteiger partial charge in [-0.2, -0.15) is 0 Å². The van der Waals surface area contributed by atoms with Crippen LogP contribution in [0.25, 0.3) is 55.6 Å². The lowest BCUT2D eigenvalue weighted by Crippen LogP contribution is -2.32. The summed E-state index contributed by atoms with van der Waals surface area (Å²) in [7, 11) is 0. The SMILES string of the molecule is CC1(C)c2ccccc2-c2ccc(N(c3ccc(-c4ccccc4)c(-c4cccc5c4C4(c6ccccc6Oc6ccccc64)c4ccccc4-5)c3)c3ccc4c(c3)C(C)(C)c3ccccc3-4)cc21. The summed E-state index contributed by atoms with van der Waals surface area (Å²) in [5.74, 6) is 1.78. The normalized spacial score (nSPS) is 15.1. The molecule has 0 aromatic heterocycles. The number of ether oxygens (including phenoxy) is 1. The number of fused-ring (bicyclic) bond motifs is 15. The third-order valence-corrected chi connectivity index (χ3v) is 16.1. The van der Waals surface area contributed by atoms with E-state index in [1.165, 1.54) is 89.0 Å². The van der Waals surface area contributed by atoms with E-state index in [4.69, 9.17) is 4.74 Å². The quantitative estimate of drug-likeness (QED) is 0.171. The highest BCUT2D eigenvalue weighted by atomic mass is 16.5. The molecule has 1 heterocycles. The van der Waals surface area contributed by atoms with E-state index in [2.05, 4.69) is 257 Å². The van der Waals surface area contributed by atoms with E-state index in [1.54, 1.807) is 0 Å². The molecule has 10 aromatic carbocycles. The predicted molar refractivity (Wildman–Crippen MR) is 285 cm³/mol. The van der Waals surface area contributed by atoms with Gasteiger partial charge in [0, 0.05) is 39.0 Å². The minimum absolute atomic E-state index is 0.165. The molecule has 2 heteroatoms. The Labute approximate surface area is 404 Å². The first-order chi connectivity index (χ1) is 33.7. The second kappa shape index (κ2) is 14.4. The maximum Gasteiger partial charge on any atom is 0.132 e. The average molecular weight is 884 g/mol. The zero-order valence-corrected chi connectivity index (χ0v) is 39.2. The molecule has 69 heavy (non-hydrogen) atoms. The molecule has 1 spiro atoms. The summed E-state index contributed by atoms with van der Waals surface area (Å²) in [4.78, 5) is 2.52. The monoisotopic (exact) mass is 883 g/mol. The van der Waals surface area contributed by atoms with Crippen LogP contribution in [-0.2, 0) is 16.2 Å². The Bertz CT molecular complexity index is 3630. The zero-order chi connectivity index (χ0) is 46.2. The summed E-state index contributed by atoms with van der Waals surface area (Å²) >= 11 is 0. The summed E-state index contributed by atoms with van der Waals surface area (Å²) in [5.41, 5.74) is 25.2. The first kappa shape index (κ1) is 39.9. The average Bonchev–Trinajstić information content (AvgIpc) is 3.91. The molecule has 0 saturated heterocycles. The topological polar surface area (TPSA) is 12.5 Å². The van der Waals surface area contributed by atoms with Gasteiger partial charge in [-0.15, -0.1) is 0 Å². The molecule has 0 saturated carbocycles. The Morgan fingerprint density at radius 1 is 0.290 bits per heavy atom. The summed E-state index contributed by atoms with van der Waals surface area (Å²) in [5, 5.41) is 0. The highest BCUT2D eigenvalue weighted by Gasteiger charge is 2.52. The molecular weight excluding hydrogens is 835 g/mol. The van der Waals surface area contributed by atoms with Crippen LogP contribution in [0.3, 0.4) is 0 Å². The van der Waals surface area contributed by atoms with Crippen LogP contribution in [-0.4, -0.2) is 0 Å². The minimum atomic E-state index is -0.640. The van der Waals surface area contributed by atoms with Crippen molar-refractivity contribution in [1.29, 1.82) is 0 Å². The Kier molecular flexibility index (Phi) is 8.33. The summed E-state index contributed by atoms with van der Waals surface area (Å²) in [6.07, 6.45) is 0. The number of hydrogen-bond donors (Lipinski definition) is 0. The largest absolute Gasteiger partial charge is 0.457 e. The van der Waals surface area contributed by atoms with Gasteiger partial charge in [0.25, 0.3) is 0 Å². The van der Waals surface area contributed by atoms with Gasteiger partial charge in [-0.3, -0.25) is 0 Å². The molecule has 10 aromatic rings. The molecule has 3 aliphatic carbocycles. The molecule has 2 nitrogen and oxygen atoms in total. The van der Waals surface area contributed by atoms with Crippen molar-refractivity contribution in [3.8, 4) is 67.1 Å². The second-order valence-corrected chi connectivity index (χ2v) is 20.4. The third-order valence-electron chi connectivity index (χ3n) is 16.1. The molecule has 0 atom stereocenters. The maximum atomic E-state index is 6.81. The van der Waals surface area contributed by atoms with Crippen LogP contribution < -0.4 is 9.64 Å². The number of hydrogen-bond acceptors (Lipinski definition) is 2. The number of nitrogens with zero attached hydrogens (tertiary/aromatic N) is 1. The summed E-state index contributed by atoms with van der Waals surface area (Å²) in [6, 6.07) is 83.7. The molecule has 14 rings (SSSR count). The Morgan fingerprint density at radius 2 is 0.681 bits per heavy atom. The molecule has 0 bridgehead atoms. The fourth-order valence-electron chi connectivity index (χ4n) is 13.0. The van der Waals surface area contributed by atoms with Crippen molar-refractivity contribution in [2.75, 3.05) is 4.90 Å². The minimum Gasteiger partial charge on any atom is -0.457 e. The van der Waals surface area contributed by atoms with Crippen LogP contribution in [0.4, 0.5) is 17.1 Å². The molecule has 0 amide bonds. The highest BCUT2D eigenvalue weighted by Crippen LogP contribution is 2.64. The lowest BCUT2D eigenvalue weighted by molar-refractivity contribution is 0.436. The van der Waals surface area contributed by atoms with E-state index in [-0.39, 0.29) is 10.8 Å². The van der Waals surface area contributed by atoms with E-state index in [0.717, 1.165) is 39.7 Å². The lowest BCUT2D eigenvalue weighted by atomic mass is 9.64. The van der Waals surface area contributed by atoms with Gasteiger partial charge >= 0.3 is 0 Å². The lowest BCUT2D eigenvalue weighted by Gasteiger charge is -2.40. The van der Waals surface area contributed by atoms with Gasteiger partial charge in [-0.05, 0) is 138 Å². The van der Waals surface area contributed by atoms with Crippen LogP contribution in [0.5, 0.6) is 11.5 Å². The van der Waals surface area contributed by atoms with E-state index in [0.29, 0.717) is 0 Å². The molecule has 0 unspecified atom stereocenters. The number of para-hydroxylation sites is 2. The van der Waals surface area contributed by atoms with Crippen molar-refractivity contribution in [2.45, 2.75) is 43.9 Å². The number of anilines is 3. The van der Waals surface area contributed by atoms with Crippen molar-refractivity contribution in [2.24, 2.45) is 0 Å². The smallest absolute Gasteiger partial charge is 0.132 e. The Hall–Kier alpha value is -8.20. The molecule has 0 fully saturated rings. The molecule has 0 radical (unpaired) electrons. The van der Waals surface area contributed by atoms with Gasteiger partial charge in [0.1, 0.15) is 11.5 Å². The van der Waals surface area contributed by atoms with E-state index in [9.17, 15) is 0 Å². The molecule has 328 valence electrons. The summed E-state index contributed by atoms with van der Waals surface area (Å²) < 4.78 is 6.81. The first-order valence-electron chi connectivity index (χ1n) is 24.3. The van der Waals surface area contributed by atoms with Gasteiger partial charge in [0.05, 0.1) is 5.41 Å². The van der Waals surface area contributed by atoms with Crippen molar-refractivity contribution >= 4 is 17.1 Å².